The fourth-order valence-corrected chi connectivity index (χ4v) is 3.08. The number of sulfonamides is 1. The minimum absolute atomic E-state index is 0.298. The lowest BCUT2D eigenvalue weighted by molar-refractivity contribution is 0.466. The van der Waals surface area contributed by atoms with E-state index in [2.05, 4.69) is 4.72 Å². The normalized spacial score (nSPS) is 13.5. The first-order valence-corrected chi connectivity index (χ1v) is 8.16. The van der Waals surface area contributed by atoms with Gasteiger partial charge in [0.1, 0.15) is 0 Å². The van der Waals surface area contributed by atoms with Gasteiger partial charge in [0.05, 0.1) is 4.90 Å². The molecule has 3 N–H and O–H groups in total. The highest BCUT2D eigenvalue weighted by molar-refractivity contribution is 7.89. The maximum atomic E-state index is 12.2. The topological polar surface area (TPSA) is 72.2 Å². The summed E-state index contributed by atoms with van der Waals surface area (Å²) >= 11 is 0. The van der Waals surface area contributed by atoms with Gasteiger partial charge in [-0.2, -0.15) is 0 Å². The van der Waals surface area contributed by atoms with Crippen LogP contribution in [0, 0.1) is 19.8 Å². The molecule has 0 radical (unpaired) electrons. The van der Waals surface area contributed by atoms with Gasteiger partial charge in [-0.3, -0.25) is 0 Å². The van der Waals surface area contributed by atoms with Crippen molar-refractivity contribution in [2.45, 2.75) is 38.5 Å². The van der Waals surface area contributed by atoms with Gasteiger partial charge in [-0.05, 0) is 56.0 Å². The van der Waals surface area contributed by atoms with E-state index in [0.717, 1.165) is 24.0 Å². The number of hydrogen-bond donors (Lipinski definition) is 2. The summed E-state index contributed by atoms with van der Waals surface area (Å²) in [5.41, 5.74) is 7.59. The van der Waals surface area contributed by atoms with Crippen LogP contribution in [0.5, 0.6) is 0 Å². The molecular formula is C14H24N2O2S. The smallest absolute Gasteiger partial charge is 0.240 e. The summed E-state index contributed by atoms with van der Waals surface area (Å²) < 4.78 is 27.0. The van der Waals surface area contributed by atoms with Gasteiger partial charge in [0.25, 0.3) is 0 Å². The van der Waals surface area contributed by atoms with Crippen LogP contribution >= 0.6 is 0 Å². The van der Waals surface area contributed by atoms with Crippen LogP contribution in [0.1, 0.15) is 30.9 Å². The monoisotopic (exact) mass is 284 g/mol. The summed E-state index contributed by atoms with van der Waals surface area (Å²) in [6.07, 6.45) is 1.76. The van der Waals surface area contributed by atoms with Crippen LogP contribution in [-0.4, -0.2) is 21.5 Å². The summed E-state index contributed by atoms with van der Waals surface area (Å²) in [5, 5.41) is 0. The summed E-state index contributed by atoms with van der Waals surface area (Å²) in [5.74, 6) is 0.298. The maximum absolute atomic E-state index is 12.2. The molecule has 0 heterocycles. The van der Waals surface area contributed by atoms with Gasteiger partial charge >= 0.3 is 0 Å². The molecule has 0 aliphatic rings. The van der Waals surface area contributed by atoms with Crippen LogP contribution in [0.15, 0.2) is 23.1 Å². The van der Waals surface area contributed by atoms with Crippen LogP contribution in [0.25, 0.3) is 0 Å². The molecule has 1 aromatic carbocycles. The van der Waals surface area contributed by atoms with Crippen LogP contribution in [0.3, 0.4) is 0 Å². The minimum Gasteiger partial charge on any atom is -0.330 e. The Balaban J connectivity index is 2.78. The number of benzene rings is 1. The van der Waals surface area contributed by atoms with Gasteiger partial charge < -0.3 is 5.73 Å². The van der Waals surface area contributed by atoms with E-state index in [1.54, 1.807) is 12.1 Å². The second kappa shape index (κ2) is 7.03. The lowest BCUT2D eigenvalue weighted by atomic mass is 10.0. The number of aryl methyl sites for hydroxylation is 2. The van der Waals surface area contributed by atoms with Crippen molar-refractivity contribution < 1.29 is 8.42 Å². The van der Waals surface area contributed by atoms with E-state index in [9.17, 15) is 8.42 Å². The molecule has 5 heteroatoms. The Labute approximate surface area is 116 Å². The quantitative estimate of drug-likeness (QED) is 0.804. The highest BCUT2D eigenvalue weighted by Crippen LogP contribution is 2.15. The van der Waals surface area contributed by atoms with Gasteiger partial charge in [0.15, 0.2) is 0 Å². The summed E-state index contributed by atoms with van der Waals surface area (Å²) in [6, 6.07) is 5.19. The van der Waals surface area contributed by atoms with Gasteiger partial charge in [0, 0.05) is 6.54 Å². The fourth-order valence-electron chi connectivity index (χ4n) is 1.88. The molecule has 0 saturated heterocycles. The van der Waals surface area contributed by atoms with Crippen molar-refractivity contribution in [3.05, 3.63) is 29.3 Å². The SMILES string of the molecule is CCC(CCN)CNS(=O)(=O)c1ccc(C)c(C)c1. The lowest BCUT2D eigenvalue weighted by Crippen LogP contribution is -2.30. The van der Waals surface area contributed by atoms with E-state index in [0.29, 0.717) is 23.9 Å². The fraction of sp³-hybridized carbons (Fsp3) is 0.571. The molecule has 1 aromatic rings. The third-order valence-electron chi connectivity index (χ3n) is 3.50. The molecule has 0 spiro atoms. The average molecular weight is 284 g/mol. The molecule has 0 bridgehead atoms. The zero-order chi connectivity index (χ0) is 14.5. The number of nitrogens with two attached hydrogens (primary N) is 1. The largest absolute Gasteiger partial charge is 0.330 e. The molecule has 0 aliphatic carbocycles. The standard InChI is InChI=1S/C14H24N2O2S/c1-4-13(7-8-15)10-16-19(17,18)14-6-5-11(2)12(3)9-14/h5-6,9,13,16H,4,7-8,10,15H2,1-3H3. The predicted octanol–water partition coefficient (Wildman–Crippen LogP) is 1.96. The van der Waals surface area contributed by atoms with Crippen molar-refractivity contribution >= 4 is 10.0 Å². The Bertz CT molecular complexity index is 512. The molecule has 4 nitrogen and oxygen atoms in total. The molecule has 0 aromatic heterocycles. The van der Waals surface area contributed by atoms with Crippen molar-refractivity contribution in [2.24, 2.45) is 11.7 Å². The second-order valence-electron chi connectivity index (χ2n) is 4.95. The Hall–Kier alpha value is -0.910. The van der Waals surface area contributed by atoms with Crippen molar-refractivity contribution in [3.8, 4) is 0 Å². The zero-order valence-corrected chi connectivity index (χ0v) is 12.8. The molecule has 0 fully saturated rings. The predicted molar refractivity (Wildman–Crippen MR) is 78.6 cm³/mol. The molecule has 0 aliphatic heterocycles. The molecule has 0 amide bonds. The highest BCUT2D eigenvalue weighted by atomic mass is 32.2. The van der Waals surface area contributed by atoms with Gasteiger partial charge in [0.2, 0.25) is 10.0 Å². The Morgan fingerprint density at radius 1 is 1.26 bits per heavy atom. The first-order chi connectivity index (χ1) is 8.90. The van der Waals surface area contributed by atoms with E-state index in [4.69, 9.17) is 5.73 Å². The van der Waals surface area contributed by atoms with Crippen molar-refractivity contribution in [1.82, 2.24) is 4.72 Å². The van der Waals surface area contributed by atoms with Crippen LogP contribution < -0.4 is 10.5 Å². The zero-order valence-electron chi connectivity index (χ0n) is 11.9. The van der Waals surface area contributed by atoms with Crippen molar-refractivity contribution in [2.75, 3.05) is 13.1 Å². The Morgan fingerprint density at radius 3 is 2.47 bits per heavy atom. The van der Waals surface area contributed by atoms with Crippen molar-refractivity contribution in [1.29, 1.82) is 0 Å². The van der Waals surface area contributed by atoms with Gasteiger partial charge in [-0.1, -0.05) is 19.4 Å². The third kappa shape index (κ3) is 4.60. The number of rotatable bonds is 7. The van der Waals surface area contributed by atoms with E-state index < -0.39 is 10.0 Å². The van der Waals surface area contributed by atoms with Crippen molar-refractivity contribution in [3.63, 3.8) is 0 Å². The summed E-state index contributed by atoms with van der Waals surface area (Å²) in [6.45, 7) is 6.96. The minimum atomic E-state index is -3.41. The third-order valence-corrected chi connectivity index (χ3v) is 4.92. The van der Waals surface area contributed by atoms with E-state index in [1.165, 1.54) is 0 Å². The molecule has 108 valence electrons. The van der Waals surface area contributed by atoms with Gasteiger partial charge in [-0.15, -0.1) is 0 Å². The molecule has 1 atom stereocenters. The molecule has 0 saturated carbocycles. The van der Waals surface area contributed by atoms with E-state index in [1.807, 2.05) is 26.8 Å². The summed E-state index contributed by atoms with van der Waals surface area (Å²) in [7, 11) is -3.41. The second-order valence-corrected chi connectivity index (χ2v) is 6.72. The van der Waals surface area contributed by atoms with Crippen LogP contribution in [0.2, 0.25) is 0 Å². The Kier molecular flexibility index (Phi) is 5.97. The first kappa shape index (κ1) is 16.1. The van der Waals surface area contributed by atoms with Crippen LogP contribution in [-0.2, 0) is 10.0 Å². The summed E-state index contributed by atoms with van der Waals surface area (Å²) in [4.78, 5) is 0.332. The Morgan fingerprint density at radius 2 is 1.95 bits per heavy atom. The molecule has 19 heavy (non-hydrogen) atoms. The van der Waals surface area contributed by atoms with Gasteiger partial charge in [-0.25, -0.2) is 13.1 Å². The first-order valence-electron chi connectivity index (χ1n) is 6.67. The van der Waals surface area contributed by atoms with E-state index >= 15 is 0 Å². The molecular weight excluding hydrogens is 260 g/mol. The maximum Gasteiger partial charge on any atom is 0.240 e. The number of hydrogen-bond acceptors (Lipinski definition) is 3. The average Bonchev–Trinajstić information content (AvgIpc) is 2.37. The lowest BCUT2D eigenvalue weighted by Gasteiger charge is -2.15. The highest BCUT2D eigenvalue weighted by Gasteiger charge is 2.16. The number of nitrogens with one attached hydrogen (secondary N) is 1. The molecule has 1 rings (SSSR count). The van der Waals surface area contributed by atoms with E-state index in [-0.39, 0.29) is 0 Å². The molecule has 1 unspecified atom stereocenters. The van der Waals surface area contributed by atoms with Crippen LogP contribution in [0.4, 0.5) is 0 Å².